The first-order valence-corrected chi connectivity index (χ1v) is 12.3. The zero-order valence-electron chi connectivity index (χ0n) is 21.6. The van der Waals surface area contributed by atoms with Crippen LogP contribution in [0.2, 0.25) is 0 Å². The summed E-state index contributed by atoms with van der Waals surface area (Å²) >= 11 is 6.41. The number of carbonyl (C=O) groups is 3. The van der Waals surface area contributed by atoms with Crippen LogP contribution < -0.4 is 5.32 Å². The molecular weight excluding hydrogens is 508 g/mol. The Morgan fingerprint density at radius 2 is 1.57 bits per heavy atom. The van der Waals surface area contributed by atoms with E-state index in [1.54, 1.807) is 41.5 Å². The van der Waals surface area contributed by atoms with Crippen LogP contribution in [0.1, 0.15) is 70.2 Å². The Labute approximate surface area is 218 Å². The van der Waals surface area contributed by atoms with Gasteiger partial charge in [0.25, 0.3) is 0 Å². The average molecular weight is 537 g/mol. The second kappa shape index (κ2) is 8.82. The summed E-state index contributed by atoms with van der Waals surface area (Å²) in [5.74, 6) is -3.78. The molecule has 5 atom stereocenters. The lowest BCUT2D eigenvalue weighted by Gasteiger charge is -2.37. The van der Waals surface area contributed by atoms with Crippen LogP contribution in [0.4, 0.5) is 0 Å². The van der Waals surface area contributed by atoms with Crippen molar-refractivity contribution in [2.75, 3.05) is 13.7 Å². The van der Waals surface area contributed by atoms with Gasteiger partial charge in [0.1, 0.15) is 35.1 Å². The molecule has 0 saturated carbocycles. The van der Waals surface area contributed by atoms with E-state index in [1.807, 2.05) is 0 Å². The number of Topliss-reactive ketones (excluding diaryl/α,β-unsaturated/α-hetero) is 2. The second-order valence-electron chi connectivity index (χ2n) is 10.3. The van der Waals surface area contributed by atoms with Crippen LogP contribution in [0.25, 0.3) is 0 Å². The monoisotopic (exact) mass is 536 g/mol. The van der Waals surface area contributed by atoms with Gasteiger partial charge in [0.2, 0.25) is 11.6 Å². The molecule has 1 N–H and O–H groups in total. The number of esters is 1. The molecule has 3 aliphatic heterocycles. The minimum Gasteiger partial charge on any atom is -0.465 e. The molecule has 5 rings (SSSR count). The van der Waals surface area contributed by atoms with Crippen LogP contribution in [0.15, 0.2) is 10.7 Å². The van der Waals surface area contributed by atoms with Gasteiger partial charge in [0.15, 0.2) is 17.9 Å². The molecule has 4 aliphatic rings. The maximum absolute atomic E-state index is 13.5. The zero-order valence-corrected chi connectivity index (χ0v) is 22.3. The first-order chi connectivity index (χ1) is 17.2. The van der Waals surface area contributed by atoms with E-state index in [9.17, 15) is 14.4 Å². The van der Waals surface area contributed by atoms with Crippen molar-refractivity contribution in [2.45, 2.75) is 83.8 Å². The molecule has 0 aromatic carbocycles. The lowest BCUT2D eigenvalue weighted by atomic mass is 9.87. The van der Waals surface area contributed by atoms with Crippen LogP contribution in [-0.4, -0.2) is 78.5 Å². The molecular formula is C25H29ClN2O9. The van der Waals surface area contributed by atoms with E-state index in [4.69, 9.17) is 40.0 Å². The van der Waals surface area contributed by atoms with Gasteiger partial charge in [-0.1, -0.05) is 11.6 Å². The molecule has 37 heavy (non-hydrogen) atoms. The van der Waals surface area contributed by atoms with E-state index >= 15 is 0 Å². The normalized spacial score (nSPS) is 31.6. The van der Waals surface area contributed by atoms with Gasteiger partial charge in [-0.3, -0.25) is 14.6 Å². The van der Waals surface area contributed by atoms with Gasteiger partial charge in [0.05, 0.1) is 29.5 Å². The molecule has 200 valence electrons. The molecule has 12 heteroatoms. The quantitative estimate of drug-likeness (QED) is 0.568. The number of carbonyl (C=O) groups excluding carboxylic acids is 3. The van der Waals surface area contributed by atoms with Crippen LogP contribution in [0, 0.1) is 13.8 Å². The maximum atomic E-state index is 13.5. The molecule has 0 spiro atoms. The third-order valence-corrected chi connectivity index (χ3v) is 7.14. The summed E-state index contributed by atoms with van der Waals surface area (Å²) in [6.07, 6.45) is -2.87. The molecule has 3 fully saturated rings. The number of ether oxygens (including phenoxy) is 6. The molecule has 1 aliphatic carbocycles. The fraction of sp³-hybridized carbons (Fsp3) is 0.600. The van der Waals surface area contributed by atoms with Gasteiger partial charge < -0.3 is 33.7 Å². The number of pyridine rings is 1. The standard InChI is InChI=1S/C25H29ClN2O9/c1-9-12-14(13(10(2)28-9)22(31)32-7)17(29)15(26)16(18(12)30)27-8-11-19-20(35-24(3,4)34-19)21-23(33-11)37-25(5,6)36-21/h11,19-21,23,27H,8H2,1-7H3/t11-,19+,20+,21-,23-/m1/s1. The molecule has 0 radical (unpaired) electrons. The van der Waals surface area contributed by atoms with E-state index in [0.29, 0.717) is 5.69 Å². The minimum atomic E-state index is -0.890. The van der Waals surface area contributed by atoms with Gasteiger partial charge in [-0.15, -0.1) is 0 Å². The number of hydrogen-bond donors (Lipinski definition) is 1. The largest absolute Gasteiger partial charge is 0.465 e. The number of fused-ring (bicyclic) bond motifs is 4. The summed E-state index contributed by atoms with van der Waals surface area (Å²) in [7, 11) is 1.19. The predicted octanol–water partition coefficient (Wildman–Crippen LogP) is 2.30. The Hall–Kier alpha value is -2.41. The van der Waals surface area contributed by atoms with E-state index in [2.05, 4.69) is 10.3 Å². The smallest absolute Gasteiger partial charge is 0.340 e. The number of ketones is 2. The zero-order chi connectivity index (χ0) is 27.0. The number of nitrogens with zero attached hydrogens (tertiary/aromatic N) is 1. The summed E-state index contributed by atoms with van der Waals surface area (Å²) in [5.41, 5.74) is 0.260. The first kappa shape index (κ1) is 26.2. The van der Waals surface area contributed by atoms with E-state index in [-0.39, 0.29) is 39.7 Å². The number of rotatable bonds is 4. The summed E-state index contributed by atoms with van der Waals surface area (Å²) < 4.78 is 35.1. The van der Waals surface area contributed by atoms with Gasteiger partial charge in [-0.25, -0.2) is 4.79 Å². The lowest BCUT2D eigenvalue weighted by Crippen LogP contribution is -2.57. The van der Waals surface area contributed by atoms with Crippen molar-refractivity contribution in [3.63, 3.8) is 0 Å². The van der Waals surface area contributed by atoms with E-state index in [1.165, 1.54) is 7.11 Å². The fourth-order valence-electron chi connectivity index (χ4n) is 5.37. The minimum absolute atomic E-state index is 0.00117. The summed E-state index contributed by atoms with van der Waals surface area (Å²) in [4.78, 5) is 43.6. The Kier molecular flexibility index (Phi) is 6.25. The number of methoxy groups -OCH3 is 1. The second-order valence-corrected chi connectivity index (χ2v) is 10.7. The SMILES string of the molecule is COC(=O)c1c(C)nc(C)c2c1C(=O)C(Cl)=C(NC[C@H]1O[C@@H]3OC(C)(C)O[C@@H]3[C@H]3OC(C)(C)O[C@H]31)C2=O. The summed E-state index contributed by atoms with van der Waals surface area (Å²) in [5, 5.41) is 2.64. The number of halogens is 1. The molecule has 1 aromatic rings. The van der Waals surface area contributed by atoms with Crippen LogP contribution in [0.3, 0.4) is 0 Å². The molecule has 4 heterocycles. The van der Waals surface area contributed by atoms with Crippen LogP contribution in [0.5, 0.6) is 0 Å². The molecule has 0 bridgehead atoms. The molecule has 0 amide bonds. The lowest BCUT2D eigenvalue weighted by molar-refractivity contribution is -0.232. The highest BCUT2D eigenvalue weighted by Gasteiger charge is 2.60. The Morgan fingerprint density at radius 1 is 0.946 bits per heavy atom. The summed E-state index contributed by atoms with van der Waals surface area (Å²) in [6, 6.07) is 0. The van der Waals surface area contributed by atoms with Crippen LogP contribution >= 0.6 is 11.6 Å². The van der Waals surface area contributed by atoms with Crippen molar-refractivity contribution in [1.29, 1.82) is 0 Å². The van der Waals surface area contributed by atoms with Crippen molar-refractivity contribution >= 4 is 29.1 Å². The molecule has 1 aromatic heterocycles. The number of nitrogens with one attached hydrogen (secondary N) is 1. The molecule has 0 unspecified atom stereocenters. The fourth-order valence-corrected chi connectivity index (χ4v) is 5.62. The third-order valence-electron chi connectivity index (χ3n) is 6.78. The number of aromatic nitrogens is 1. The average Bonchev–Trinajstić information content (AvgIpc) is 3.30. The van der Waals surface area contributed by atoms with Crippen molar-refractivity contribution in [1.82, 2.24) is 10.3 Å². The molecule has 11 nitrogen and oxygen atoms in total. The Bertz CT molecular complexity index is 1240. The number of hydrogen-bond acceptors (Lipinski definition) is 11. The van der Waals surface area contributed by atoms with Crippen molar-refractivity contribution < 1.29 is 42.8 Å². The van der Waals surface area contributed by atoms with E-state index in [0.717, 1.165) is 0 Å². The van der Waals surface area contributed by atoms with Crippen molar-refractivity contribution in [3.05, 3.63) is 38.8 Å². The Balaban J connectivity index is 1.44. The number of allylic oxidation sites excluding steroid dienone is 2. The van der Waals surface area contributed by atoms with Gasteiger partial charge in [-0.05, 0) is 41.5 Å². The first-order valence-electron chi connectivity index (χ1n) is 11.9. The topological polar surface area (TPSA) is 132 Å². The highest BCUT2D eigenvalue weighted by molar-refractivity contribution is 6.50. The van der Waals surface area contributed by atoms with Crippen molar-refractivity contribution in [3.8, 4) is 0 Å². The van der Waals surface area contributed by atoms with Gasteiger partial charge in [0, 0.05) is 12.2 Å². The Morgan fingerprint density at radius 3 is 2.24 bits per heavy atom. The third kappa shape index (κ3) is 4.27. The van der Waals surface area contributed by atoms with Gasteiger partial charge >= 0.3 is 5.97 Å². The summed E-state index contributed by atoms with van der Waals surface area (Å²) in [6.45, 7) is 10.4. The maximum Gasteiger partial charge on any atom is 0.340 e. The van der Waals surface area contributed by atoms with Crippen LogP contribution in [-0.2, 0) is 28.4 Å². The van der Waals surface area contributed by atoms with E-state index < -0.39 is 59.8 Å². The van der Waals surface area contributed by atoms with Gasteiger partial charge in [-0.2, -0.15) is 0 Å². The predicted molar refractivity (Wildman–Crippen MR) is 127 cm³/mol. The highest BCUT2D eigenvalue weighted by atomic mass is 35.5. The highest BCUT2D eigenvalue weighted by Crippen LogP contribution is 2.44. The van der Waals surface area contributed by atoms with Crippen molar-refractivity contribution in [2.24, 2.45) is 0 Å². The molecule has 3 saturated heterocycles. The number of aryl methyl sites for hydroxylation is 2.